The van der Waals surface area contributed by atoms with Gasteiger partial charge in [-0.05, 0) is 37.1 Å². The maximum Gasteiger partial charge on any atom is 0.254 e. The standard InChI is InChI=1S/C17H19N3O3/c1-17-15-11(12-8-10(23-3)4-5-13(12)18-15)6-7-20(17)14(21)9-19(2)16(17)22/h4-5,8,18H,6-7,9H2,1-3H3. The zero-order chi connectivity index (χ0) is 16.4. The first-order valence-corrected chi connectivity index (χ1v) is 7.72. The number of likely N-dealkylation sites (N-methyl/N-ethyl adjacent to an activating group) is 1. The Balaban J connectivity index is 1.97. The number of hydrogen-bond acceptors (Lipinski definition) is 3. The first kappa shape index (κ1) is 14.1. The van der Waals surface area contributed by atoms with E-state index in [9.17, 15) is 9.59 Å². The Bertz CT molecular complexity index is 841. The van der Waals surface area contributed by atoms with E-state index in [1.165, 1.54) is 4.90 Å². The zero-order valence-corrected chi connectivity index (χ0v) is 13.5. The van der Waals surface area contributed by atoms with Crippen LogP contribution in [-0.4, -0.2) is 53.8 Å². The Hall–Kier alpha value is -2.50. The van der Waals surface area contributed by atoms with Gasteiger partial charge in [0, 0.05) is 24.5 Å². The van der Waals surface area contributed by atoms with Gasteiger partial charge in [0.15, 0.2) is 5.54 Å². The largest absolute Gasteiger partial charge is 0.497 e. The van der Waals surface area contributed by atoms with E-state index in [1.54, 1.807) is 19.1 Å². The molecule has 1 aromatic heterocycles. The van der Waals surface area contributed by atoms with E-state index >= 15 is 0 Å². The van der Waals surface area contributed by atoms with Crippen molar-refractivity contribution in [2.24, 2.45) is 0 Å². The fourth-order valence-corrected chi connectivity index (χ4v) is 3.94. The van der Waals surface area contributed by atoms with Gasteiger partial charge in [-0.25, -0.2) is 0 Å². The van der Waals surface area contributed by atoms with Gasteiger partial charge in [0.05, 0.1) is 19.3 Å². The number of aromatic amines is 1. The fourth-order valence-electron chi connectivity index (χ4n) is 3.94. The minimum Gasteiger partial charge on any atom is -0.497 e. The van der Waals surface area contributed by atoms with Crippen molar-refractivity contribution < 1.29 is 14.3 Å². The average molecular weight is 313 g/mol. The summed E-state index contributed by atoms with van der Waals surface area (Å²) in [5.74, 6) is 0.739. The van der Waals surface area contributed by atoms with Crippen LogP contribution in [0.4, 0.5) is 0 Å². The van der Waals surface area contributed by atoms with E-state index < -0.39 is 5.54 Å². The highest BCUT2D eigenvalue weighted by atomic mass is 16.5. The first-order valence-electron chi connectivity index (χ1n) is 7.72. The molecule has 1 fully saturated rings. The van der Waals surface area contributed by atoms with E-state index in [2.05, 4.69) is 4.98 Å². The Morgan fingerprint density at radius 3 is 2.83 bits per heavy atom. The molecule has 0 radical (unpaired) electrons. The third kappa shape index (κ3) is 1.69. The van der Waals surface area contributed by atoms with Gasteiger partial charge in [0.1, 0.15) is 5.75 Å². The third-order valence-electron chi connectivity index (χ3n) is 5.16. The Labute approximate surface area is 134 Å². The van der Waals surface area contributed by atoms with Crippen LogP contribution in [0, 0.1) is 0 Å². The van der Waals surface area contributed by atoms with Gasteiger partial charge in [0.25, 0.3) is 5.91 Å². The van der Waals surface area contributed by atoms with Gasteiger partial charge in [0.2, 0.25) is 5.91 Å². The van der Waals surface area contributed by atoms with Gasteiger partial charge in [-0.3, -0.25) is 9.59 Å². The summed E-state index contributed by atoms with van der Waals surface area (Å²) in [7, 11) is 3.32. The molecule has 1 aromatic carbocycles. The van der Waals surface area contributed by atoms with Crippen LogP contribution in [0.15, 0.2) is 18.2 Å². The topological polar surface area (TPSA) is 65.6 Å². The van der Waals surface area contributed by atoms with Crippen LogP contribution < -0.4 is 4.74 Å². The highest BCUT2D eigenvalue weighted by molar-refractivity contribution is 6.00. The van der Waals surface area contributed by atoms with E-state index in [1.807, 2.05) is 25.1 Å². The summed E-state index contributed by atoms with van der Waals surface area (Å²) < 4.78 is 5.32. The third-order valence-corrected chi connectivity index (χ3v) is 5.16. The first-order chi connectivity index (χ1) is 11.0. The second-order valence-corrected chi connectivity index (χ2v) is 6.42. The number of hydrogen-bond donors (Lipinski definition) is 1. The molecule has 1 saturated heterocycles. The van der Waals surface area contributed by atoms with Crippen molar-refractivity contribution in [3.05, 3.63) is 29.5 Å². The fraction of sp³-hybridized carbons (Fsp3) is 0.412. The highest BCUT2D eigenvalue weighted by Crippen LogP contribution is 2.42. The number of nitrogens with zero attached hydrogens (tertiary/aromatic N) is 2. The minimum atomic E-state index is -0.954. The number of carbonyl (C=O) groups excluding carboxylic acids is 2. The molecule has 1 N–H and O–H groups in total. The molecule has 0 bridgehead atoms. The molecule has 2 aromatic rings. The molecule has 1 atom stereocenters. The molecule has 2 aliphatic heterocycles. The van der Waals surface area contributed by atoms with E-state index in [0.29, 0.717) is 6.54 Å². The minimum absolute atomic E-state index is 0.00325. The van der Waals surface area contributed by atoms with Crippen molar-refractivity contribution in [1.29, 1.82) is 0 Å². The van der Waals surface area contributed by atoms with Gasteiger partial charge in [-0.2, -0.15) is 0 Å². The molecule has 120 valence electrons. The molecule has 3 heterocycles. The van der Waals surface area contributed by atoms with Crippen LogP contribution in [0.5, 0.6) is 5.75 Å². The number of rotatable bonds is 1. The molecular weight excluding hydrogens is 294 g/mol. The lowest BCUT2D eigenvalue weighted by atomic mass is 9.83. The summed E-state index contributed by atoms with van der Waals surface area (Å²) in [5, 5.41) is 1.06. The predicted octanol–water partition coefficient (Wildman–Crippen LogP) is 1.25. The number of benzene rings is 1. The smallest absolute Gasteiger partial charge is 0.254 e. The molecule has 2 amide bonds. The summed E-state index contributed by atoms with van der Waals surface area (Å²) in [5.41, 5.74) is 1.95. The Kier molecular flexibility index (Phi) is 2.76. The lowest BCUT2D eigenvalue weighted by molar-refractivity contribution is -0.164. The maximum absolute atomic E-state index is 12.9. The monoisotopic (exact) mass is 313 g/mol. The van der Waals surface area contributed by atoms with Gasteiger partial charge < -0.3 is 19.5 Å². The summed E-state index contributed by atoms with van der Waals surface area (Å²) in [6, 6.07) is 5.84. The normalized spacial score (nSPS) is 24.0. The predicted molar refractivity (Wildman–Crippen MR) is 85.3 cm³/mol. The van der Waals surface area contributed by atoms with Crippen LogP contribution >= 0.6 is 0 Å². The lowest BCUT2D eigenvalue weighted by Crippen LogP contribution is -2.66. The van der Waals surface area contributed by atoms with Crippen molar-refractivity contribution in [2.75, 3.05) is 27.2 Å². The molecular formula is C17H19N3O3. The van der Waals surface area contributed by atoms with Crippen molar-refractivity contribution in [3.63, 3.8) is 0 Å². The van der Waals surface area contributed by atoms with Gasteiger partial charge in [-0.1, -0.05) is 0 Å². The molecule has 0 saturated carbocycles. The van der Waals surface area contributed by atoms with Crippen molar-refractivity contribution >= 4 is 22.7 Å². The number of piperazine rings is 1. The van der Waals surface area contributed by atoms with Crippen molar-refractivity contribution in [3.8, 4) is 5.75 Å². The number of H-pyrrole nitrogens is 1. The number of amides is 2. The molecule has 1 unspecified atom stereocenters. The van der Waals surface area contributed by atoms with Gasteiger partial charge >= 0.3 is 0 Å². The molecule has 0 spiro atoms. The van der Waals surface area contributed by atoms with Crippen LogP contribution in [0.2, 0.25) is 0 Å². The van der Waals surface area contributed by atoms with Crippen LogP contribution in [0.3, 0.4) is 0 Å². The molecule has 2 aliphatic rings. The quantitative estimate of drug-likeness (QED) is 0.862. The second-order valence-electron chi connectivity index (χ2n) is 6.42. The summed E-state index contributed by atoms with van der Waals surface area (Å²) >= 11 is 0. The molecule has 6 nitrogen and oxygen atoms in total. The average Bonchev–Trinajstić information content (AvgIpc) is 2.92. The van der Waals surface area contributed by atoms with E-state index in [0.717, 1.165) is 34.3 Å². The second kappa shape index (κ2) is 4.50. The van der Waals surface area contributed by atoms with Crippen LogP contribution in [-0.2, 0) is 21.5 Å². The van der Waals surface area contributed by atoms with Gasteiger partial charge in [-0.15, -0.1) is 0 Å². The van der Waals surface area contributed by atoms with Crippen molar-refractivity contribution in [2.45, 2.75) is 18.9 Å². The Morgan fingerprint density at radius 2 is 2.09 bits per heavy atom. The lowest BCUT2D eigenvalue weighted by Gasteiger charge is -2.48. The number of carbonyl (C=O) groups is 2. The van der Waals surface area contributed by atoms with Crippen LogP contribution in [0.25, 0.3) is 10.9 Å². The number of ether oxygens (including phenoxy) is 1. The summed E-state index contributed by atoms with van der Waals surface area (Å²) in [6.45, 7) is 2.55. The molecule has 0 aliphatic carbocycles. The number of nitrogens with one attached hydrogen (secondary N) is 1. The van der Waals surface area contributed by atoms with Crippen LogP contribution in [0.1, 0.15) is 18.2 Å². The molecule has 4 rings (SSSR count). The Morgan fingerprint density at radius 1 is 1.30 bits per heavy atom. The highest BCUT2D eigenvalue weighted by Gasteiger charge is 2.53. The SMILES string of the molecule is COc1ccc2[nH]c3c(c2c1)CCN1C(=O)CN(C)C(=O)C31C. The van der Waals surface area contributed by atoms with E-state index in [4.69, 9.17) is 4.74 Å². The molecule has 23 heavy (non-hydrogen) atoms. The number of fused-ring (bicyclic) bond motifs is 5. The summed E-state index contributed by atoms with van der Waals surface area (Å²) in [6.07, 6.45) is 0.737. The maximum atomic E-state index is 12.9. The number of methoxy groups -OCH3 is 1. The molecule has 6 heteroatoms. The number of aromatic nitrogens is 1. The van der Waals surface area contributed by atoms with E-state index in [-0.39, 0.29) is 18.4 Å². The zero-order valence-electron chi connectivity index (χ0n) is 13.5. The summed E-state index contributed by atoms with van der Waals surface area (Å²) in [4.78, 5) is 31.9. The van der Waals surface area contributed by atoms with Crippen molar-refractivity contribution in [1.82, 2.24) is 14.8 Å².